The molecule has 1 aliphatic heterocycles. The van der Waals surface area contributed by atoms with Gasteiger partial charge in [0.25, 0.3) is 5.91 Å². The van der Waals surface area contributed by atoms with E-state index < -0.39 is 0 Å². The maximum atomic E-state index is 12.9. The highest BCUT2D eigenvalue weighted by Crippen LogP contribution is 2.25. The zero-order valence-electron chi connectivity index (χ0n) is 15.9. The second kappa shape index (κ2) is 9.39. The molecular formula is C20H23ClN2O4S. The van der Waals surface area contributed by atoms with E-state index in [-0.39, 0.29) is 17.8 Å². The Labute approximate surface area is 173 Å². The summed E-state index contributed by atoms with van der Waals surface area (Å²) in [4.78, 5) is 31.6. The highest BCUT2D eigenvalue weighted by Gasteiger charge is 2.30. The van der Waals surface area contributed by atoms with Crippen molar-refractivity contribution in [3.05, 3.63) is 44.9 Å². The lowest BCUT2D eigenvalue weighted by atomic mass is 9.97. The molecule has 150 valence electrons. The molecule has 3 rings (SSSR count). The molecule has 0 N–H and O–H groups in total. The van der Waals surface area contributed by atoms with E-state index in [1.165, 1.54) is 11.3 Å². The second-order valence-electron chi connectivity index (χ2n) is 6.58. The summed E-state index contributed by atoms with van der Waals surface area (Å²) in [6.45, 7) is 5.43. The van der Waals surface area contributed by atoms with Crippen LogP contribution >= 0.6 is 22.9 Å². The first-order valence-electron chi connectivity index (χ1n) is 9.28. The first-order chi connectivity index (χ1) is 13.5. The van der Waals surface area contributed by atoms with Crippen LogP contribution in [0.5, 0.6) is 5.75 Å². The summed E-state index contributed by atoms with van der Waals surface area (Å²) < 4.78 is 10.8. The van der Waals surface area contributed by atoms with Crippen molar-refractivity contribution in [2.75, 3.05) is 19.7 Å². The number of aryl methyl sites for hydroxylation is 1. The summed E-state index contributed by atoms with van der Waals surface area (Å²) in [6, 6.07) is 7.11. The van der Waals surface area contributed by atoms with Crippen LogP contribution in [-0.2, 0) is 16.1 Å². The molecule has 2 aromatic rings. The van der Waals surface area contributed by atoms with Crippen LogP contribution in [-0.4, -0.2) is 41.5 Å². The van der Waals surface area contributed by atoms with Crippen molar-refractivity contribution in [3.8, 4) is 5.75 Å². The molecule has 6 nitrogen and oxygen atoms in total. The second-order valence-corrected chi connectivity index (χ2v) is 8.10. The standard InChI is InChI=1S/C20H23ClN2O4S/c1-3-26-20(25)14-8-10-23(11-9-14)19(24)18-13(2)22-17(28-18)12-27-16-6-4-15(21)5-7-16/h4-7,14H,3,8-12H2,1-2H3. The number of nitrogens with zero attached hydrogens (tertiary/aromatic N) is 2. The van der Waals surface area contributed by atoms with Gasteiger partial charge in [0.15, 0.2) is 0 Å². The Morgan fingerprint density at radius 1 is 1.25 bits per heavy atom. The van der Waals surface area contributed by atoms with Crippen molar-refractivity contribution in [1.29, 1.82) is 0 Å². The minimum atomic E-state index is -0.162. The first kappa shape index (κ1) is 20.6. The van der Waals surface area contributed by atoms with E-state index in [1.807, 2.05) is 6.92 Å². The summed E-state index contributed by atoms with van der Waals surface area (Å²) in [5.41, 5.74) is 0.706. The normalized spacial score (nSPS) is 14.8. The average molecular weight is 423 g/mol. The maximum Gasteiger partial charge on any atom is 0.309 e. The van der Waals surface area contributed by atoms with E-state index in [9.17, 15) is 9.59 Å². The molecule has 0 saturated carbocycles. The predicted octanol–water partition coefficient (Wildman–Crippen LogP) is 4.10. The summed E-state index contributed by atoms with van der Waals surface area (Å²) in [7, 11) is 0. The number of rotatable bonds is 6. The van der Waals surface area contributed by atoms with Crippen LogP contribution in [0.15, 0.2) is 24.3 Å². The molecule has 1 fully saturated rings. The number of amides is 1. The van der Waals surface area contributed by atoms with Crippen molar-refractivity contribution in [2.45, 2.75) is 33.3 Å². The van der Waals surface area contributed by atoms with Crippen LogP contribution in [0.1, 0.15) is 40.1 Å². The zero-order valence-corrected chi connectivity index (χ0v) is 17.5. The molecule has 1 aromatic heterocycles. The van der Waals surface area contributed by atoms with Gasteiger partial charge in [0, 0.05) is 18.1 Å². The van der Waals surface area contributed by atoms with Gasteiger partial charge in [-0.05, 0) is 51.0 Å². The van der Waals surface area contributed by atoms with Gasteiger partial charge in [-0.25, -0.2) is 4.98 Å². The third-order valence-corrected chi connectivity index (χ3v) is 5.98. The van der Waals surface area contributed by atoms with Crippen LogP contribution in [0.2, 0.25) is 5.02 Å². The molecule has 28 heavy (non-hydrogen) atoms. The topological polar surface area (TPSA) is 68.7 Å². The molecule has 0 radical (unpaired) electrons. The molecule has 0 spiro atoms. The van der Waals surface area contributed by atoms with Gasteiger partial charge in [0.2, 0.25) is 0 Å². The third-order valence-electron chi connectivity index (χ3n) is 4.61. The largest absolute Gasteiger partial charge is 0.486 e. The van der Waals surface area contributed by atoms with Crippen LogP contribution in [0.3, 0.4) is 0 Å². The number of benzene rings is 1. The molecule has 1 aromatic carbocycles. The number of piperidine rings is 1. The van der Waals surface area contributed by atoms with Crippen LogP contribution < -0.4 is 4.74 Å². The quantitative estimate of drug-likeness (QED) is 0.655. The van der Waals surface area contributed by atoms with Crippen LogP contribution in [0.25, 0.3) is 0 Å². The van der Waals surface area contributed by atoms with E-state index in [1.54, 1.807) is 36.1 Å². The lowest BCUT2D eigenvalue weighted by Gasteiger charge is -2.30. The molecule has 0 atom stereocenters. The van der Waals surface area contributed by atoms with Gasteiger partial charge in [-0.3, -0.25) is 9.59 Å². The van der Waals surface area contributed by atoms with E-state index in [0.717, 1.165) is 5.01 Å². The lowest BCUT2D eigenvalue weighted by molar-refractivity contribution is -0.149. The van der Waals surface area contributed by atoms with Crippen molar-refractivity contribution < 1.29 is 19.1 Å². The first-order valence-corrected chi connectivity index (χ1v) is 10.5. The molecule has 0 bridgehead atoms. The number of halogens is 1. The molecular weight excluding hydrogens is 400 g/mol. The number of likely N-dealkylation sites (tertiary alicyclic amines) is 1. The minimum Gasteiger partial charge on any atom is -0.486 e. The molecule has 8 heteroatoms. The number of thiazole rings is 1. The number of hydrogen-bond donors (Lipinski definition) is 0. The third kappa shape index (κ3) is 5.02. The van der Waals surface area contributed by atoms with Crippen molar-refractivity contribution in [3.63, 3.8) is 0 Å². The van der Waals surface area contributed by atoms with Gasteiger partial charge < -0.3 is 14.4 Å². The molecule has 1 saturated heterocycles. The average Bonchev–Trinajstić information content (AvgIpc) is 3.08. The zero-order chi connectivity index (χ0) is 20.1. The maximum absolute atomic E-state index is 12.9. The van der Waals surface area contributed by atoms with Gasteiger partial charge in [0.1, 0.15) is 22.2 Å². The van der Waals surface area contributed by atoms with Gasteiger partial charge in [0.05, 0.1) is 18.2 Å². The fourth-order valence-corrected chi connectivity index (χ4v) is 4.18. The predicted molar refractivity (Wildman–Crippen MR) is 108 cm³/mol. The van der Waals surface area contributed by atoms with Crippen molar-refractivity contribution >= 4 is 34.8 Å². The van der Waals surface area contributed by atoms with E-state index in [0.29, 0.717) is 60.5 Å². The lowest BCUT2D eigenvalue weighted by Crippen LogP contribution is -2.40. The van der Waals surface area contributed by atoms with Gasteiger partial charge in [-0.15, -0.1) is 11.3 Å². The number of carbonyl (C=O) groups is 2. The van der Waals surface area contributed by atoms with Crippen LogP contribution in [0.4, 0.5) is 0 Å². The monoisotopic (exact) mass is 422 g/mol. The SMILES string of the molecule is CCOC(=O)C1CCN(C(=O)c2sc(COc3ccc(Cl)cc3)nc2C)CC1. The molecule has 1 aliphatic rings. The number of carbonyl (C=O) groups excluding carboxylic acids is 2. The number of hydrogen-bond acceptors (Lipinski definition) is 6. The summed E-state index contributed by atoms with van der Waals surface area (Å²) >= 11 is 7.22. The number of esters is 1. The Morgan fingerprint density at radius 2 is 1.93 bits per heavy atom. The van der Waals surface area contributed by atoms with Gasteiger partial charge >= 0.3 is 5.97 Å². The Morgan fingerprint density at radius 3 is 2.57 bits per heavy atom. The van der Waals surface area contributed by atoms with E-state index in [4.69, 9.17) is 21.1 Å². The highest BCUT2D eigenvalue weighted by atomic mass is 35.5. The Balaban J connectivity index is 1.57. The Bertz CT molecular complexity index is 829. The molecule has 1 amide bonds. The molecule has 0 unspecified atom stereocenters. The summed E-state index contributed by atoms with van der Waals surface area (Å²) in [6.07, 6.45) is 1.27. The van der Waals surface area contributed by atoms with E-state index in [2.05, 4.69) is 4.98 Å². The number of ether oxygens (including phenoxy) is 2. The Hall–Kier alpha value is -2.12. The van der Waals surface area contributed by atoms with Gasteiger partial charge in [-0.2, -0.15) is 0 Å². The summed E-state index contributed by atoms with van der Waals surface area (Å²) in [5, 5.41) is 1.40. The molecule has 2 heterocycles. The smallest absolute Gasteiger partial charge is 0.309 e. The molecule has 0 aliphatic carbocycles. The number of aromatic nitrogens is 1. The van der Waals surface area contributed by atoms with E-state index >= 15 is 0 Å². The fraction of sp³-hybridized carbons (Fsp3) is 0.450. The highest BCUT2D eigenvalue weighted by molar-refractivity contribution is 7.13. The van der Waals surface area contributed by atoms with Crippen molar-refractivity contribution in [2.24, 2.45) is 5.92 Å². The van der Waals surface area contributed by atoms with Gasteiger partial charge in [-0.1, -0.05) is 11.6 Å². The summed E-state index contributed by atoms with van der Waals surface area (Å²) in [5.74, 6) is 0.390. The Kier molecular flexibility index (Phi) is 6.91. The minimum absolute atomic E-state index is 0.0324. The van der Waals surface area contributed by atoms with Crippen LogP contribution in [0, 0.1) is 12.8 Å². The fourth-order valence-electron chi connectivity index (χ4n) is 3.11. The van der Waals surface area contributed by atoms with Crippen molar-refractivity contribution in [1.82, 2.24) is 9.88 Å².